The Kier molecular flexibility index (Phi) is 16.2. The summed E-state index contributed by atoms with van der Waals surface area (Å²) in [7, 11) is 0. The summed E-state index contributed by atoms with van der Waals surface area (Å²) in [6, 6.07) is 7.07. The molecule has 0 fully saturated rings. The van der Waals surface area contributed by atoms with E-state index in [2.05, 4.69) is 49.7 Å². The van der Waals surface area contributed by atoms with Crippen molar-refractivity contribution >= 4 is 81.5 Å². The maximum atomic E-state index is 12.6. The fourth-order valence-corrected chi connectivity index (χ4v) is 4.02. The lowest BCUT2D eigenvalue weighted by Crippen LogP contribution is -2.36. The maximum absolute atomic E-state index is 12.6. The third kappa shape index (κ3) is 13.5. The standard InChI is InChI=1S/C24H38N4O2S4/c1-3-5-7-9-14-27(23(31)32)17-21(29)25-19-12-11-13-20(16-19)26-22(30)18-28(24(33)34)15-10-8-6-4-2/h11-13,16H,3-10,14-15,17-18H2,1-2H3,(H,25,29)(H,26,30)(H,31,32)(H,33,34). The van der Waals surface area contributed by atoms with Crippen LogP contribution in [0.3, 0.4) is 0 Å². The van der Waals surface area contributed by atoms with Crippen molar-refractivity contribution in [3.05, 3.63) is 24.3 Å². The van der Waals surface area contributed by atoms with Crippen LogP contribution in [0.1, 0.15) is 65.2 Å². The quantitative estimate of drug-likeness (QED) is 0.121. The van der Waals surface area contributed by atoms with Crippen LogP contribution in [0.25, 0.3) is 0 Å². The summed E-state index contributed by atoms with van der Waals surface area (Å²) in [5.74, 6) is -0.372. The summed E-state index contributed by atoms with van der Waals surface area (Å²) >= 11 is 18.9. The number of carbonyl (C=O) groups is 2. The van der Waals surface area contributed by atoms with Gasteiger partial charge < -0.3 is 20.4 Å². The normalized spacial score (nSPS) is 10.5. The molecule has 1 aromatic rings. The first-order valence-electron chi connectivity index (χ1n) is 11.9. The van der Waals surface area contributed by atoms with Gasteiger partial charge in [-0.15, -0.1) is 25.3 Å². The van der Waals surface area contributed by atoms with Crippen LogP contribution in [0.4, 0.5) is 11.4 Å². The van der Waals surface area contributed by atoms with Gasteiger partial charge in [0.1, 0.15) is 8.64 Å². The highest BCUT2D eigenvalue weighted by atomic mass is 32.1. The Balaban J connectivity index is 2.61. The minimum atomic E-state index is -0.186. The van der Waals surface area contributed by atoms with Gasteiger partial charge in [-0.25, -0.2) is 0 Å². The third-order valence-electron chi connectivity index (χ3n) is 5.20. The van der Waals surface area contributed by atoms with Gasteiger partial charge >= 0.3 is 0 Å². The van der Waals surface area contributed by atoms with Gasteiger partial charge in [-0.05, 0) is 31.0 Å². The molecule has 0 atom stereocenters. The first-order chi connectivity index (χ1) is 16.3. The Labute approximate surface area is 226 Å². The van der Waals surface area contributed by atoms with Crippen LogP contribution in [0.2, 0.25) is 0 Å². The number of rotatable bonds is 16. The number of amides is 2. The number of unbranched alkanes of at least 4 members (excludes halogenated alkanes) is 6. The molecule has 2 N–H and O–H groups in total. The number of thiocarbonyl (C=S) groups is 2. The lowest BCUT2D eigenvalue weighted by atomic mass is 10.2. The summed E-state index contributed by atoms with van der Waals surface area (Å²) in [5, 5.41) is 5.74. The largest absolute Gasteiger partial charge is 0.348 e. The zero-order chi connectivity index (χ0) is 25.3. The van der Waals surface area contributed by atoms with Crippen molar-refractivity contribution in [1.82, 2.24) is 9.80 Å². The van der Waals surface area contributed by atoms with Crippen molar-refractivity contribution in [1.29, 1.82) is 0 Å². The molecular formula is C24H38N4O2S4. The molecule has 0 aliphatic heterocycles. The van der Waals surface area contributed by atoms with Crippen LogP contribution < -0.4 is 10.6 Å². The zero-order valence-electron chi connectivity index (χ0n) is 20.2. The van der Waals surface area contributed by atoms with Crippen molar-refractivity contribution in [3.8, 4) is 0 Å². The lowest BCUT2D eigenvalue weighted by Gasteiger charge is -2.22. The van der Waals surface area contributed by atoms with Crippen LogP contribution in [0.15, 0.2) is 24.3 Å². The van der Waals surface area contributed by atoms with Crippen molar-refractivity contribution in [2.45, 2.75) is 65.2 Å². The van der Waals surface area contributed by atoms with Gasteiger partial charge in [0, 0.05) is 24.5 Å². The smallest absolute Gasteiger partial charge is 0.243 e. The molecule has 0 saturated heterocycles. The highest BCUT2D eigenvalue weighted by Gasteiger charge is 2.14. The molecule has 34 heavy (non-hydrogen) atoms. The molecule has 0 aliphatic carbocycles. The van der Waals surface area contributed by atoms with Crippen LogP contribution >= 0.6 is 49.7 Å². The molecule has 0 radical (unpaired) electrons. The van der Waals surface area contributed by atoms with E-state index in [0.29, 0.717) is 33.1 Å². The second kappa shape index (κ2) is 18.0. The van der Waals surface area contributed by atoms with Crippen LogP contribution in [0, 0.1) is 0 Å². The number of benzene rings is 1. The molecule has 1 aromatic carbocycles. The van der Waals surface area contributed by atoms with Gasteiger partial charge in [0.05, 0.1) is 13.1 Å². The van der Waals surface area contributed by atoms with Gasteiger partial charge in [0.15, 0.2) is 0 Å². The molecule has 2 amide bonds. The predicted molar refractivity (Wildman–Crippen MR) is 158 cm³/mol. The number of anilines is 2. The number of thiol groups is 2. The number of nitrogens with zero attached hydrogens (tertiary/aromatic N) is 2. The molecule has 190 valence electrons. The van der Waals surface area contributed by atoms with Crippen molar-refractivity contribution in [2.24, 2.45) is 0 Å². The van der Waals surface area contributed by atoms with E-state index in [-0.39, 0.29) is 24.9 Å². The fraction of sp³-hybridized carbons (Fsp3) is 0.583. The summed E-state index contributed by atoms with van der Waals surface area (Å²) < 4.78 is 0.822. The number of nitrogens with one attached hydrogen (secondary N) is 2. The molecule has 10 heteroatoms. The van der Waals surface area contributed by atoms with Gasteiger partial charge in [-0.3, -0.25) is 9.59 Å². The van der Waals surface area contributed by atoms with E-state index in [1.54, 1.807) is 34.1 Å². The molecule has 0 saturated carbocycles. The minimum Gasteiger partial charge on any atom is -0.348 e. The Morgan fingerprint density at radius 1 is 0.765 bits per heavy atom. The van der Waals surface area contributed by atoms with Crippen molar-refractivity contribution < 1.29 is 9.59 Å². The van der Waals surface area contributed by atoms with Gasteiger partial charge in [0.25, 0.3) is 0 Å². The Morgan fingerprint density at radius 3 is 1.53 bits per heavy atom. The second-order valence-electron chi connectivity index (χ2n) is 8.21. The molecule has 0 heterocycles. The average molecular weight is 543 g/mol. The maximum Gasteiger partial charge on any atom is 0.243 e. The molecule has 0 aliphatic rings. The predicted octanol–water partition coefficient (Wildman–Crippen LogP) is 5.76. The Bertz CT molecular complexity index is 746. The molecule has 0 aromatic heterocycles. The molecule has 0 spiro atoms. The van der Waals surface area contributed by atoms with Gasteiger partial charge in [-0.1, -0.05) is 82.9 Å². The second-order valence-corrected chi connectivity index (χ2v) is 10.4. The van der Waals surface area contributed by atoms with E-state index in [4.69, 9.17) is 24.4 Å². The molecule has 6 nitrogen and oxygen atoms in total. The first kappa shape index (κ1) is 30.7. The van der Waals surface area contributed by atoms with Crippen LogP contribution in [-0.4, -0.2) is 56.4 Å². The molecular weight excluding hydrogens is 505 g/mol. The van der Waals surface area contributed by atoms with E-state index in [1.807, 2.05) is 0 Å². The molecule has 1 rings (SSSR count). The fourth-order valence-electron chi connectivity index (χ4n) is 3.37. The Morgan fingerprint density at radius 2 is 1.18 bits per heavy atom. The van der Waals surface area contributed by atoms with E-state index in [9.17, 15) is 9.59 Å². The van der Waals surface area contributed by atoms with Crippen molar-refractivity contribution in [3.63, 3.8) is 0 Å². The summed E-state index contributed by atoms with van der Waals surface area (Å²) in [5.41, 5.74) is 1.19. The van der Waals surface area contributed by atoms with E-state index in [1.165, 1.54) is 0 Å². The van der Waals surface area contributed by atoms with E-state index >= 15 is 0 Å². The molecule has 0 bridgehead atoms. The summed E-state index contributed by atoms with van der Waals surface area (Å²) in [6.07, 6.45) is 8.75. The number of hydrogen-bond acceptors (Lipinski definition) is 4. The summed E-state index contributed by atoms with van der Waals surface area (Å²) in [6.45, 7) is 5.99. The van der Waals surface area contributed by atoms with E-state index in [0.717, 1.165) is 51.4 Å². The van der Waals surface area contributed by atoms with Gasteiger partial charge in [0.2, 0.25) is 11.8 Å². The van der Waals surface area contributed by atoms with E-state index < -0.39 is 0 Å². The van der Waals surface area contributed by atoms with Crippen LogP contribution in [0.5, 0.6) is 0 Å². The molecule has 0 unspecified atom stereocenters. The van der Waals surface area contributed by atoms with Gasteiger partial charge in [-0.2, -0.15) is 0 Å². The SMILES string of the molecule is CCCCCCN(CC(=O)Nc1cccc(NC(=O)CN(CCCCCC)C(=S)S)c1)C(=S)S. The number of hydrogen-bond donors (Lipinski definition) is 4. The monoisotopic (exact) mass is 542 g/mol. The third-order valence-corrected chi connectivity index (χ3v) is 6.29. The zero-order valence-corrected chi connectivity index (χ0v) is 23.6. The van der Waals surface area contributed by atoms with Crippen LogP contribution in [-0.2, 0) is 9.59 Å². The summed E-state index contributed by atoms with van der Waals surface area (Å²) in [4.78, 5) is 28.7. The highest BCUT2D eigenvalue weighted by Crippen LogP contribution is 2.16. The topological polar surface area (TPSA) is 64.7 Å². The highest BCUT2D eigenvalue weighted by molar-refractivity contribution is 8.11. The average Bonchev–Trinajstić information content (AvgIpc) is 2.77. The lowest BCUT2D eigenvalue weighted by molar-refractivity contribution is -0.117. The first-order valence-corrected chi connectivity index (χ1v) is 13.6. The number of carbonyl (C=O) groups excluding carboxylic acids is 2. The van der Waals surface area contributed by atoms with Crippen molar-refractivity contribution in [2.75, 3.05) is 36.8 Å². The Hall–Kier alpha value is -1.36. The minimum absolute atomic E-state index is 0.136.